The Kier molecular flexibility index (Phi) is 4.28. The van der Waals surface area contributed by atoms with Crippen LogP contribution < -0.4 is 10.6 Å². The summed E-state index contributed by atoms with van der Waals surface area (Å²) in [6.07, 6.45) is 2.24. The van der Waals surface area contributed by atoms with Crippen molar-refractivity contribution in [1.29, 1.82) is 5.41 Å². The highest BCUT2D eigenvalue weighted by Gasteiger charge is 2.15. The van der Waals surface area contributed by atoms with Gasteiger partial charge in [0.2, 0.25) is 0 Å². The van der Waals surface area contributed by atoms with Gasteiger partial charge < -0.3 is 10.6 Å². The van der Waals surface area contributed by atoms with Gasteiger partial charge in [-0.1, -0.05) is 38.1 Å². The van der Waals surface area contributed by atoms with Gasteiger partial charge in [0, 0.05) is 29.7 Å². The molecular formula is C17H23N3. The van der Waals surface area contributed by atoms with E-state index in [-0.39, 0.29) is 5.84 Å². The van der Waals surface area contributed by atoms with Gasteiger partial charge in [-0.05, 0) is 30.4 Å². The van der Waals surface area contributed by atoms with Crippen molar-refractivity contribution in [3.05, 3.63) is 42.0 Å². The lowest BCUT2D eigenvalue weighted by Gasteiger charge is -2.30. The number of amidine groups is 1. The van der Waals surface area contributed by atoms with Crippen molar-refractivity contribution in [1.82, 2.24) is 0 Å². The number of nitrogens with one attached hydrogen (secondary N) is 1. The topological polar surface area (TPSA) is 53.1 Å². The summed E-state index contributed by atoms with van der Waals surface area (Å²) in [4.78, 5) is 2.34. The minimum absolute atomic E-state index is 0.123. The maximum atomic E-state index is 7.72. The average Bonchev–Trinajstić information content (AvgIpc) is 2.47. The molecule has 20 heavy (non-hydrogen) atoms. The fourth-order valence-corrected chi connectivity index (χ4v) is 2.86. The molecule has 0 unspecified atom stereocenters. The average molecular weight is 269 g/mol. The summed E-state index contributed by atoms with van der Waals surface area (Å²) in [5.74, 6) is 0.123. The molecule has 2 rings (SSSR count). The van der Waals surface area contributed by atoms with Gasteiger partial charge in [0.15, 0.2) is 0 Å². The minimum Gasteiger partial charge on any atom is -0.384 e. The summed E-state index contributed by atoms with van der Waals surface area (Å²) in [6.45, 7) is 4.44. The lowest BCUT2D eigenvalue weighted by molar-refractivity contribution is 0.593. The second kappa shape index (κ2) is 5.95. The lowest BCUT2D eigenvalue weighted by Crippen LogP contribution is -2.30. The van der Waals surface area contributed by atoms with E-state index in [1.807, 2.05) is 24.3 Å². The Morgan fingerprint density at radius 1 is 1.10 bits per heavy atom. The molecular weight excluding hydrogens is 246 g/mol. The van der Waals surface area contributed by atoms with Gasteiger partial charge in [0.05, 0.1) is 0 Å². The van der Waals surface area contributed by atoms with Gasteiger partial charge in [0.1, 0.15) is 5.84 Å². The lowest BCUT2D eigenvalue weighted by atomic mass is 10.0. The molecule has 0 saturated heterocycles. The van der Waals surface area contributed by atoms with Crippen molar-refractivity contribution in [2.24, 2.45) is 5.73 Å². The monoisotopic (exact) mass is 269 g/mol. The van der Waals surface area contributed by atoms with Crippen LogP contribution in [0, 0.1) is 5.41 Å². The van der Waals surface area contributed by atoms with E-state index in [1.165, 1.54) is 5.69 Å². The molecule has 0 amide bonds. The first kappa shape index (κ1) is 14.4. The van der Waals surface area contributed by atoms with E-state index >= 15 is 0 Å². The molecule has 0 aliphatic carbocycles. The molecule has 0 radical (unpaired) electrons. The zero-order chi connectivity index (χ0) is 14.7. The summed E-state index contributed by atoms with van der Waals surface area (Å²) >= 11 is 0. The fourth-order valence-electron chi connectivity index (χ4n) is 2.86. The van der Waals surface area contributed by atoms with E-state index in [4.69, 9.17) is 11.1 Å². The molecule has 0 spiro atoms. The molecule has 0 heterocycles. The van der Waals surface area contributed by atoms with Crippen molar-refractivity contribution in [3.63, 3.8) is 0 Å². The highest BCUT2D eigenvalue weighted by molar-refractivity contribution is 6.10. The zero-order valence-electron chi connectivity index (χ0n) is 12.5. The van der Waals surface area contributed by atoms with Gasteiger partial charge >= 0.3 is 0 Å². The second-order valence-corrected chi connectivity index (χ2v) is 5.17. The smallest absolute Gasteiger partial charge is 0.123 e. The number of fused-ring (bicyclic) bond motifs is 1. The predicted octanol–water partition coefficient (Wildman–Crippen LogP) is 3.75. The van der Waals surface area contributed by atoms with Crippen molar-refractivity contribution >= 4 is 22.3 Å². The molecule has 0 bridgehead atoms. The summed E-state index contributed by atoms with van der Waals surface area (Å²) < 4.78 is 0. The zero-order valence-corrected chi connectivity index (χ0v) is 12.5. The molecule has 3 heteroatoms. The van der Waals surface area contributed by atoms with Crippen LogP contribution in [0.4, 0.5) is 5.69 Å². The molecule has 2 aromatic rings. The maximum absolute atomic E-state index is 7.72. The summed E-state index contributed by atoms with van der Waals surface area (Å²) in [6, 6.07) is 12.7. The third-order valence-corrected chi connectivity index (χ3v) is 4.06. The van der Waals surface area contributed by atoms with E-state index in [9.17, 15) is 0 Å². The molecule has 2 aromatic carbocycles. The van der Waals surface area contributed by atoms with Gasteiger partial charge in [-0.3, -0.25) is 5.41 Å². The Morgan fingerprint density at radius 2 is 1.70 bits per heavy atom. The van der Waals surface area contributed by atoms with Crippen LogP contribution in [0.25, 0.3) is 10.8 Å². The molecule has 3 nitrogen and oxygen atoms in total. The van der Waals surface area contributed by atoms with Crippen LogP contribution in [0.1, 0.15) is 32.3 Å². The molecule has 0 aliphatic rings. The van der Waals surface area contributed by atoms with Crippen LogP contribution in [0.5, 0.6) is 0 Å². The molecule has 0 aromatic heterocycles. The Bertz CT molecular complexity index is 615. The van der Waals surface area contributed by atoms with Gasteiger partial charge in [-0.25, -0.2) is 0 Å². The summed E-state index contributed by atoms with van der Waals surface area (Å²) in [5.41, 5.74) is 7.70. The number of nitrogens with zero attached hydrogens (tertiary/aromatic N) is 1. The highest BCUT2D eigenvalue weighted by Crippen LogP contribution is 2.30. The number of hydrogen-bond acceptors (Lipinski definition) is 2. The number of hydrogen-bond donors (Lipinski definition) is 2. The van der Waals surface area contributed by atoms with E-state index in [0.717, 1.165) is 29.2 Å². The third kappa shape index (κ3) is 2.48. The number of anilines is 1. The largest absolute Gasteiger partial charge is 0.384 e. The molecule has 0 aliphatic heterocycles. The van der Waals surface area contributed by atoms with E-state index in [1.54, 1.807) is 0 Å². The Morgan fingerprint density at radius 3 is 2.25 bits per heavy atom. The second-order valence-electron chi connectivity index (χ2n) is 5.17. The quantitative estimate of drug-likeness (QED) is 0.641. The van der Waals surface area contributed by atoms with Gasteiger partial charge in [-0.15, -0.1) is 0 Å². The van der Waals surface area contributed by atoms with Crippen molar-refractivity contribution in [2.45, 2.75) is 32.7 Å². The minimum atomic E-state index is 0.123. The first-order valence-electron chi connectivity index (χ1n) is 7.19. The maximum Gasteiger partial charge on any atom is 0.123 e. The third-order valence-electron chi connectivity index (χ3n) is 4.06. The van der Waals surface area contributed by atoms with Crippen LogP contribution in [0.15, 0.2) is 36.4 Å². The Labute approximate surface area is 120 Å². The SMILES string of the molecule is CCC(CC)N(C)c1ccc(C(=N)N)c2ccccc12. The van der Waals surface area contributed by atoms with Crippen molar-refractivity contribution < 1.29 is 0 Å². The van der Waals surface area contributed by atoms with Gasteiger partial charge in [0.25, 0.3) is 0 Å². The first-order chi connectivity index (χ1) is 9.60. The Balaban J connectivity index is 2.61. The number of nitrogens with two attached hydrogens (primary N) is 1. The number of benzene rings is 2. The molecule has 3 N–H and O–H groups in total. The van der Waals surface area contributed by atoms with Crippen LogP contribution in [0.3, 0.4) is 0 Å². The first-order valence-corrected chi connectivity index (χ1v) is 7.19. The van der Waals surface area contributed by atoms with Crippen molar-refractivity contribution in [3.8, 4) is 0 Å². The van der Waals surface area contributed by atoms with E-state index in [0.29, 0.717) is 6.04 Å². The molecule has 0 saturated carbocycles. The predicted molar refractivity (Wildman–Crippen MR) is 87.7 cm³/mol. The van der Waals surface area contributed by atoms with Crippen LogP contribution in [-0.2, 0) is 0 Å². The Hall–Kier alpha value is -2.03. The van der Waals surface area contributed by atoms with Crippen LogP contribution in [-0.4, -0.2) is 18.9 Å². The highest BCUT2D eigenvalue weighted by atomic mass is 15.1. The van der Waals surface area contributed by atoms with E-state index < -0.39 is 0 Å². The molecule has 0 fully saturated rings. The normalized spacial score (nSPS) is 11.0. The van der Waals surface area contributed by atoms with Crippen LogP contribution in [0.2, 0.25) is 0 Å². The standard InChI is InChI=1S/C17H23N3/c1-4-12(5-2)20(3)16-11-10-15(17(18)19)13-8-6-7-9-14(13)16/h6-12H,4-5H2,1-3H3,(H3,18,19). The number of rotatable bonds is 5. The van der Waals surface area contributed by atoms with Crippen LogP contribution >= 0.6 is 0 Å². The molecule has 0 atom stereocenters. The number of nitrogen functional groups attached to an aromatic ring is 1. The van der Waals surface area contributed by atoms with Gasteiger partial charge in [-0.2, -0.15) is 0 Å². The summed E-state index contributed by atoms with van der Waals surface area (Å²) in [7, 11) is 2.15. The summed E-state index contributed by atoms with van der Waals surface area (Å²) in [5, 5.41) is 9.93. The fraction of sp³-hybridized carbons (Fsp3) is 0.353. The molecule has 106 valence electrons. The van der Waals surface area contributed by atoms with E-state index in [2.05, 4.69) is 37.9 Å². The van der Waals surface area contributed by atoms with Crippen molar-refractivity contribution in [2.75, 3.05) is 11.9 Å².